The summed E-state index contributed by atoms with van der Waals surface area (Å²) in [5.74, 6) is -0.0671. The van der Waals surface area contributed by atoms with Crippen molar-refractivity contribution in [2.45, 2.75) is 10.9 Å². The highest BCUT2D eigenvalue weighted by atomic mass is 79.9. The number of halogens is 2. The van der Waals surface area contributed by atoms with E-state index in [1.165, 1.54) is 0 Å². The molecule has 1 unspecified atom stereocenters. The second-order valence-electron chi connectivity index (χ2n) is 4.01. The van der Waals surface area contributed by atoms with Gasteiger partial charge in [-0.15, -0.1) is 0 Å². The van der Waals surface area contributed by atoms with Gasteiger partial charge in [-0.1, -0.05) is 48.0 Å². The highest BCUT2D eigenvalue weighted by Crippen LogP contribution is 2.37. The van der Waals surface area contributed by atoms with E-state index in [0.29, 0.717) is 22.6 Å². The summed E-state index contributed by atoms with van der Waals surface area (Å²) in [6.07, 6.45) is 3.95. The number of methoxy groups -OCH3 is 1. The number of allylic oxidation sites excluding steroid dienone is 2. The minimum absolute atomic E-state index is 0.0671. The van der Waals surface area contributed by atoms with Crippen LogP contribution in [0.4, 0.5) is 0 Å². The number of hydrogen-bond donors (Lipinski definition) is 0. The van der Waals surface area contributed by atoms with Crippen molar-refractivity contribution in [1.29, 1.82) is 0 Å². The molecule has 1 aromatic carbocycles. The largest absolute Gasteiger partial charge is 0.363 e. The van der Waals surface area contributed by atoms with Crippen molar-refractivity contribution < 1.29 is 9.53 Å². The summed E-state index contributed by atoms with van der Waals surface area (Å²) in [5.41, 5.74) is 1.16. The second kappa shape index (κ2) is 5.39. The molecule has 1 aliphatic carbocycles. The molecule has 1 atom stereocenters. The predicted molar refractivity (Wildman–Crippen MR) is 76.1 cm³/mol. The van der Waals surface area contributed by atoms with E-state index in [2.05, 4.69) is 15.9 Å². The first-order chi connectivity index (χ1) is 8.56. The molecule has 0 aromatic heterocycles. The number of Topliss-reactive ketones (excluding diaryl/α,β-unsaturated/α-hetero) is 1. The Kier molecular flexibility index (Phi) is 4.05. The number of alkyl halides is 1. The Morgan fingerprint density at radius 2 is 2.06 bits per heavy atom. The number of benzene rings is 1. The van der Waals surface area contributed by atoms with Crippen LogP contribution in [-0.2, 0) is 4.74 Å². The number of ether oxygens (including phenoxy) is 1. The van der Waals surface area contributed by atoms with Gasteiger partial charge in [0, 0.05) is 29.7 Å². The van der Waals surface area contributed by atoms with Crippen molar-refractivity contribution in [3.63, 3.8) is 0 Å². The first-order valence-electron chi connectivity index (χ1n) is 5.47. The predicted octanol–water partition coefficient (Wildman–Crippen LogP) is 4.06. The molecule has 18 heavy (non-hydrogen) atoms. The summed E-state index contributed by atoms with van der Waals surface area (Å²) in [5, 5.41) is 0.505. The molecule has 0 amide bonds. The standard InChI is InChI=1S/C14H12BrClO2/c1-18-14(15)8-7-11(12(16)9-14)13(17)10-5-3-2-4-6-10/h2-8H,9H2,1H3. The van der Waals surface area contributed by atoms with Crippen molar-refractivity contribution in [3.05, 3.63) is 58.7 Å². The van der Waals surface area contributed by atoms with E-state index in [4.69, 9.17) is 16.3 Å². The quantitative estimate of drug-likeness (QED) is 0.618. The third-order valence-corrected chi connectivity index (χ3v) is 4.01. The van der Waals surface area contributed by atoms with Crippen LogP contribution in [0.15, 0.2) is 53.1 Å². The Hall–Kier alpha value is -0.900. The first-order valence-corrected chi connectivity index (χ1v) is 6.64. The van der Waals surface area contributed by atoms with Gasteiger partial charge in [0.15, 0.2) is 5.78 Å². The third-order valence-electron chi connectivity index (χ3n) is 2.81. The van der Waals surface area contributed by atoms with E-state index in [9.17, 15) is 4.79 Å². The van der Waals surface area contributed by atoms with Crippen molar-refractivity contribution in [2.24, 2.45) is 0 Å². The van der Waals surface area contributed by atoms with E-state index in [1.54, 1.807) is 31.4 Å². The Bertz CT molecular complexity index is 522. The van der Waals surface area contributed by atoms with Gasteiger partial charge in [0.25, 0.3) is 0 Å². The molecule has 0 spiro atoms. The van der Waals surface area contributed by atoms with Gasteiger partial charge >= 0.3 is 0 Å². The molecule has 0 fully saturated rings. The Morgan fingerprint density at radius 1 is 1.39 bits per heavy atom. The average molecular weight is 328 g/mol. The van der Waals surface area contributed by atoms with Crippen molar-refractivity contribution in [3.8, 4) is 0 Å². The smallest absolute Gasteiger partial charge is 0.194 e. The summed E-state index contributed by atoms with van der Waals surface area (Å²) < 4.78 is 4.68. The van der Waals surface area contributed by atoms with Crippen molar-refractivity contribution >= 4 is 33.3 Å². The van der Waals surface area contributed by atoms with Crippen LogP contribution in [0.2, 0.25) is 0 Å². The van der Waals surface area contributed by atoms with Gasteiger partial charge in [-0.2, -0.15) is 0 Å². The van der Waals surface area contributed by atoms with Gasteiger partial charge < -0.3 is 4.74 Å². The zero-order chi connectivity index (χ0) is 13.2. The zero-order valence-corrected chi connectivity index (χ0v) is 12.2. The van der Waals surface area contributed by atoms with Crippen LogP contribution in [0.5, 0.6) is 0 Å². The first kappa shape index (κ1) is 13.5. The number of hydrogen-bond acceptors (Lipinski definition) is 2. The lowest BCUT2D eigenvalue weighted by Gasteiger charge is -2.26. The number of carbonyl (C=O) groups excluding carboxylic acids is 1. The number of ketones is 1. The average Bonchev–Trinajstić information content (AvgIpc) is 2.39. The lowest BCUT2D eigenvalue weighted by molar-refractivity contribution is 0.102. The highest BCUT2D eigenvalue weighted by molar-refractivity contribution is 9.10. The van der Waals surface area contributed by atoms with E-state index in [-0.39, 0.29) is 5.78 Å². The van der Waals surface area contributed by atoms with Crippen molar-refractivity contribution in [1.82, 2.24) is 0 Å². The van der Waals surface area contributed by atoms with Gasteiger partial charge in [0.1, 0.15) is 4.51 Å². The van der Waals surface area contributed by atoms with E-state index >= 15 is 0 Å². The molecule has 0 saturated carbocycles. The van der Waals surface area contributed by atoms with Gasteiger partial charge in [-0.05, 0) is 22.0 Å². The van der Waals surface area contributed by atoms with Crippen LogP contribution in [0.3, 0.4) is 0 Å². The van der Waals surface area contributed by atoms with E-state index in [1.807, 2.05) is 18.2 Å². The number of carbonyl (C=O) groups is 1. The molecular weight excluding hydrogens is 316 g/mol. The van der Waals surface area contributed by atoms with Crippen molar-refractivity contribution in [2.75, 3.05) is 7.11 Å². The maximum atomic E-state index is 12.3. The molecule has 1 aromatic rings. The SMILES string of the molecule is COC1(Br)C=CC(C(=O)c2ccccc2)=C(Cl)C1. The minimum Gasteiger partial charge on any atom is -0.363 e. The summed E-state index contributed by atoms with van der Waals surface area (Å²) in [4.78, 5) is 12.3. The normalized spacial score (nSPS) is 23.3. The topological polar surface area (TPSA) is 26.3 Å². The Labute approximate surface area is 119 Å². The molecule has 0 N–H and O–H groups in total. The molecule has 1 aliphatic rings. The molecule has 94 valence electrons. The lowest BCUT2D eigenvalue weighted by atomic mass is 9.97. The lowest BCUT2D eigenvalue weighted by Crippen LogP contribution is -2.24. The molecule has 0 saturated heterocycles. The molecule has 0 heterocycles. The van der Waals surface area contributed by atoms with Crippen LogP contribution in [0.1, 0.15) is 16.8 Å². The zero-order valence-electron chi connectivity index (χ0n) is 9.82. The van der Waals surface area contributed by atoms with Crippen LogP contribution in [0.25, 0.3) is 0 Å². The van der Waals surface area contributed by atoms with Crippen LogP contribution >= 0.6 is 27.5 Å². The van der Waals surface area contributed by atoms with Gasteiger partial charge in [0.05, 0.1) is 0 Å². The Morgan fingerprint density at radius 3 is 2.61 bits per heavy atom. The van der Waals surface area contributed by atoms with Gasteiger partial charge in [-0.3, -0.25) is 4.79 Å². The molecule has 0 radical (unpaired) electrons. The van der Waals surface area contributed by atoms with Crippen LogP contribution in [0, 0.1) is 0 Å². The van der Waals surface area contributed by atoms with E-state index < -0.39 is 4.51 Å². The highest BCUT2D eigenvalue weighted by Gasteiger charge is 2.30. The van der Waals surface area contributed by atoms with Gasteiger partial charge in [0.2, 0.25) is 0 Å². The second-order valence-corrected chi connectivity index (χ2v) is 5.81. The molecule has 2 nitrogen and oxygen atoms in total. The Balaban J connectivity index is 2.29. The fourth-order valence-corrected chi connectivity index (χ4v) is 2.67. The van der Waals surface area contributed by atoms with Gasteiger partial charge in [-0.25, -0.2) is 0 Å². The molecule has 2 rings (SSSR count). The molecular formula is C14H12BrClO2. The summed E-state index contributed by atoms with van der Waals surface area (Å²) >= 11 is 9.62. The fraction of sp³-hybridized carbons (Fsp3) is 0.214. The maximum absolute atomic E-state index is 12.3. The van der Waals surface area contributed by atoms with Crippen LogP contribution < -0.4 is 0 Å². The maximum Gasteiger partial charge on any atom is 0.194 e. The molecule has 0 bridgehead atoms. The monoisotopic (exact) mass is 326 g/mol. The molecule has 4 heteroatoms. The number of rotatable bonds is 3. The summed E-state index contributed by atoms with van der Waals surface area (Å²) in [6.45, 7) is 0. The third kappa shape index (κ3) is 2.74. The summed E-state index contributed by atoms with van der Waals surface area (Å²) in [7, 11) is 1.59. The minimum atomic E-state index is -0.607. The summed E-state index contributed by atoms with van der Waals surface area (Å²) in [6, 6.07) is 9.09. The van der Waals surface area contributed by atoms with E-state index in [0.717, 1.165) is 0 Å². The van der Waals surface area contributed by atoms with Crippen LogP contribution in [-0.4, -0.2) is 17.4 Å². The molecule has 0 aliphatic heterocycles. The fourth-order valence-electron chi connectivity index (χ4n) is 1.75.